The molecule has 0 amide bonds. The molecule has 0 saturated heterocycles. The maximum absolute atomic E-state index is 5.94. The first-order valence-corrected chi connectivity index (χ1v) is 8.81. The summed E-state index contributed by atoms with van der Waals surface area (Å²) in [6.07, 6.45) is 2.07. The smallest absolute Gasteiger partial charge is 0.224 e. The highest BCUT2D eigenvalue weighted by atomic mass is 32.2. The van der Waals surface area contributed by atoms with Crippen LogP contribution < -0.4 is 10.6 Å². The molecule has 5 nitrogen and oxygen atoms in total. The summed E-state index contributed by atoms with van der Waals surface area (Å²) in [6.45, 7) is 0. The maximum Gasteiger partial charge on any atom is 0.224 e. The van der Waals surface area contributed by atoms with Crippen LogP contribution in [0.15, 0.2) is 53.4 Å². The lowest BCUT2D eigenvalue weighted by Gasteiger charge is -2.19. The van der Waals surface area contributed by atoms with Gasteiger partial charge < -0.3 is 15.6 Å². The Balaban J connectivity index is 1.93. The molecule has 4 aromatic rings. The second-order valence-electron chi connectivity index (χ2n) is 5.56. The molecule has 0 fully saturated rings. The molecule has 24 heavy (non-hydrogen) atoms. The second-order valence-corrected chi connectivity index (χ2v) is 6.44. The maximum atomic E-state index is 5.94. The molecule has 0 aliphatic rings. The molecule has 120 valence electrons. The number of aromatic nitrogens is 3. The fourth-order valence-corrected chi connectivity index (χ4v) is 3.32. The standard InChI is InChI=1S/C18H17N5S/c1-23(11-7-9-12(24-2)10-8-11)17-15-13-5-3-4-6-14(13)20-16(15)21-18(19)22-17/h3-10H,1-2H3,(H3,19,20,21,22). The van der Waals surface area contributed by atoms with Crippen LogP contribution in [0, 0.1) is 0 Å². The number of nitrogens with zero attached hydrogens (tertiary/aromatic N) is 3. The molecule has 0 spiro atoms. The van der Waals surface area contributed by atoms with Gasteiger partial charge in [-0.2, -0.15) is 9.97 Å². The van der Waals surface area contributed by atoms with Gasteiger partial charge in [0.25, 0.3) is 0 Å². The summed E-state index contributed by atoms with van der Waals surface area (Å²) in [4.78, 5) is 15.5. The van der Waals surface area contributed by atoms with E-state index in [-0.39, 0.29) is 5.95 Å². The van der Waals surface area contributed by atoms with Crippen LogP contribution in [0.3, 0.4) is 0 Å². The molecule has 0 aliphatic carbocycles. The van der Waals surface area contributed by atoms with Crippen molar-refractivity contribution < 1.29 is 0 Å². The number of hydrogen-bond acceptors (Lipinski definition) is 5. The first kappa shape index (κ1) is 14.8. The monoisotopic (exact) mass is 335 g/mol. The number of H-pyrrole nitrogens is 1. The van der Waals surface area contributed by atoms with Crippen molar-refractivity contribution >= 4 is 51.2 Å². The van der Waals surface area contributed by atoms with Crippen molar-refractivity contribution in [3.63, 3.8) is 0 Å². The number of rotatable bonds is 3. The van der Waals surface area contributed by atoms with Gasteiger partial charge in [0.1, 0.15) is 11.5 Å². The Kier molecular flexibility index (Phi) is 3.54. The summed E-state index contributed by atoms with van der Waals surface area (Å²) in [6, 6.07) is 16.5. The number of benzene rings is 2. The number of nitrogens with one attached hydrogen (secondary N) is 1. The lowest BCUT2D eigenvalue weighted by Crippen LogP contribution is -2.13. The Hall–Kier alpha value is -2.73. The zero-order chi connectivity index (χ0) is 16.7. The van der Waals surface area contributed by atoms with Crippen molar-refractivity contribution in [2.45, 2.75) is 4.90 Å². The van der Waals surface area contributed by atoms with Crippen LogP contribution in [-0.4, -0.2) is 28.3 Å². The molecule has 6 heteroatoms. The van der Waals surface area contributed by atoms with E-state index in [1.165, 1.54) is 4.90 Å². The Morgan fingerprint density at radius 3 is 2.54 bits per heavy atom. The van der Waals surface area contributed by atoms with Crippen molar-refractivity contribution in [3.05, 3.63) is 48.5 Å². The number of anilines is 3. The molecular formula is C18H17N5S. The Morgan fingerprint density at radius 2 is 1.79 bits per heavy atom. The largest absolute Gasteiger partial charge is 0.368 e. The summed E-state index contributed by atoms with van der Waals surface area (Å²) in [5.74, 6) is 1.06. The molecule has 2 aromatic heterocycles. The molecule has 0 unspecified atom stereocenters. The Labute approximate surface area is 143 Å². The average Bonchev–Trinajstić information content (AvgIpc) is 2.98. The van der Waals surface area contributed by atoms with Gasteiger partial charge in [0.2, 0.25) is 5.95 Å². The van der Waals surface area contributed by atoms with Gasteiger partial charge in [-0.15, -0.1) is 11.8 Å². The minimum absolute atomic E-state index is 0.261. The van der Waals surface area contributed by atoms with Crippen molar-refractivity contribution in [1.82, 2.24) is 15.0 Å². The third-order valence-corrected chi connectivity index (χ3v) is 4.88. The molecule has 0 saturated carbocycles. The first-order chi connectivity index (χ1) is 11.7. The summed E-state index contributed by atoms with van der Waals surface area (Å²) in [5.41, 5.74) is 8.77. The van der Waals surface area contributed by atoms with E-state index in [9.17, 15) is 0 Å². The lowest BCUT2D eigenvalue weighted by molar-refractivity contribution is 1.11. The summed E-state index contributed by atoms with van der Waals surface area (Å²) in [5, 5.41) is 2.08. The van der Waals surface area contributed by atoms with Gasteiger partial charge in [-0.05, 0) is 36.6 Å². The lowest BCUT2D eigenvalue weighted by atomic mass is 10.2. The zero-order valence-corrected chi connectivity index (χ0v) is 14.3. The van der Waals surface area contributed by atoms with Gasteiger partial charge in [-0.3, -0.25) is 0 Å². The summed E-state index contributed by atoms with van der Waals surface area (Å²) < 4.78 is 0. The molecule has 2 aromatic carbocycles. The van der Waals surface area contributed by atoms with Gasteiger partial charge >= 0.3 is 0 Å². The fourth-order valence-electron chi connectivity index (χ4n) is 2.91. The van der Waals surface area contributed by atoms with Crippen LogP contribution in [0.1, 0.15) is 0 Å². The molecule has 0 radical (unpaired) electrons. The Bertz CT molecular complexity index is 1020. The Morgan fingerprint density at radius 1 is 1.04 bits per heavy atom. The van der Waals surface area contributed by atoms with Gasteiger partial charge in [0, 0.05) is 28.5 Å². The van der Waals surface area contributed by atoms with Gasteiger partial charge in [-0.25, -0.2) is 0 Å². The van der Waals surface area contributed by atoms with Crippen molar-refractivity contribution in [3.8, 4) is 0 Å². The second kappa shape index (κ2) is 5.72. The van der Waals surface area contributed by atoms with E-state index in [1.54, 1.807) is 11.8 Å². The van der Waals surface area contributed by atoms with Gasteiger partial charge in [0.05, 0.1) is 5.39 Å². The third kappa shape index (κ3) is 2.35. The van der Waals surface area contributed by atoms with Crippen LogP contribution in [-0.2, 0) is 0 Å². The van der Waals surface area contributed by atoms with E-state index < -0.39 is 0 Å². The van der Waals surface area contributed by atoms with Crippen LogP contribution in [0.5, 0.6) is 0 Å². The molecule has 3 N–H and O–H groups in total. The quantitative estimate of drug-likeness (QED) is 0.550. The zero-order valence-electron chi connectivity index (χ0n) is 13.4. The van der Waals surface area contributed by atoms with Crippen LogP contribution in [0.25, 0.3) is 21.9 Å². The van der Waals surface area contributed by atoms with Gasteiger partial charge in [-0.1, -0.05) is 18.2 Å². The van der Waals surface area contributed by atoms with Crippen LogP contribution in [0.2, 0.25) is 0 Å². The number of fused-ring (bicyclic) bond motifs is 3. The summed E-state index contributed by atoms with van der Waals surface area (Å²) in [7, 11) is 2.00. The molecule has 0 aliphatic heterocycles. The molecule has 4 rings (SSSR count). The highest BCUT2D eigenvalue weighted by Gasteiger charge is 2.16. The number of aromatic amines is 1. The number of para-hydroxylation sites is 1. The van der Waals surface area contributed by atoms with Crippen molar-refractivity contribution in [1.29, 1.82) is 0 Å². The van der Waals surface area contributed by atoms with E-state index in [4.69, 9.17) is 5.73 Å². The third-order valence-electron chi connectivity index (χ3n) is 4.13. The fraction of sp³-hybridized carbons (Fsp3) is 0.111. The normalized spacial score (nSPS) is 11.2. The predicted octanol–water partition coefficient (Wildman–Crippen LogP) is 4.18. The number of nitrogens with two attached hydrogens (primary N) is 1. The molecule has 0 bridgehead atoms. The minimum atomic E-state index is 0.261. The summed E-state index contributed by atoms with van der Waals surface area (Å²) >= 11 is 1.72. The highest BCUT2D eigenvalue weighted by Crippen LogP contribution is 2.34. The van der Waals surface area contributed by atoms with E-state index in [1.807, 2.05) is 30.1 Å². The minimum Gasteiger partial charge on any atom is -0.368 e. The van der Waals surface area contributed by atoms with E-state index in [0.29, 0.717) is 0 Å². The van der Waals surface area contributed by atoms with Gasteiger partial charge in [0.15, 0.2) is 0 Å². The first-order valence-electron chi connectivity index (χ1n) is 7.59. The number of nitrogen functional groups attached to an aromatic ring is 1. The number of hydrogen-bond donors (Lipinski definition) is 2. The van der Waals surface area contributed by atoms with E-state index in [0.717, 1.165) is 33.4 Å². The van der Waals surface area contributed by atoms with E-state index in [2.05, 4.69) is 51.5 Å². The SMILES string of the molecule is CSc1ccc(N(C)c2nc(N)nc3[nH]c4ccccc4c23)cc1. The topological polar surface area (TPSA) is 70.8 Å². The molecular weight excluding hydrogens is 318 g/mol. The predicted molar refractivity (Wildman–Crippen MR) is 102 cm³/mol. The molecule has 2 heterocycles. The van der Waals surface area contributed by atoms with Crippen molar-refractivity contribution in [2.24, 2.45) is 0 Å². The molecule has 0 atom stereocenters. The van der Waals surface area contributed by atoms with Crippen molar-refractivity contribution in [2.75, 3.05) is 23.9 Å². The average molecular weight is 335 g/mol. The van der Waals surface area contributed by atoms with Crippen LogP contribution in [0.4, 0.5) is 17.5 Å². The van der Waals surface area contributed by atoms with E-state index >= 15 is 0 Å². The highest BCUT2D eigenvalue weighted by molar-refractivity contribution is 7.98. The van der Waals surface area contributed by atoms with Crippen LogP contribution >= 0.6 is 11.8 Å². The number of thioether (sulfide) groups is 1.